The van der Waals surface area contributed by atoms with Gasteiger partial charge in [0.05, 0.1) is 0 Å². The van der Waals surface area contributed by atoms with Crippen LogP contribution in [0.3, 0.4) is 0 Å². The molecule has 0 saturated carbocycles. The lowest BCUT2D eigenvalue weighted by Gasteiger charge is -2.19. The number of hydrogen-bond acceptors (Lipinski definition) is 2. The number of rotatable bonds is 3. The normalized spacial score (nSPS) is 13.8. The first-order valence-electron chi connectivity index (χ1n) is 4.93. The molecule has 14 heavy (non-hydrogen) atoms. The van der Waals surface area contributed by atoms with Gasteiger partial charge in [-0.3, -0.25) is 0 Å². The summed E-state index contributed by atoms with van der Waals surface area (Å²) >= 11 is 0. The largest absolute Gasteiger partial charge is 0.544 e. The van der Waals surface area contributed by atoms with Crippen LogP contribution in [0.5, 0.6) is 5.75 Å². The van der Waals surface area contributed by atoms with E-state index in [2.05, 4.69) is 19.6 Å². The van der Waals surface area contributed by atoms with Crippen molar-refractivity contribution in [3.8, 4) is 5.75 Å². The van der Waals surface area contributed by atoms with Gasteiger partial charge in [-0.25, -0.2) is 0 Å². The van der Waals surface area contributed by atoms with Gasteiger partial charge in [0.1, 0.15) is 5.75 Å². The Balaban J connectivity index is 2.74. The van der Waals surface area contributed by atoms with Crippen molar-refractivity contribution in [3.63, 3.8) is 0 Å². The van der Waals surface area contributed by atoms with E-state index < -0.39 is 8.32 Å². The van der Waals surface area contributed by atoms with E-state index in [0.717, 1.165) is 11.3 Å². The van der Waals surface area contributed by atoms with E-state index in [4.69, 9.17) is 10.2 Å². The first-order valence-corrected chi connectivity index (χ1v) is 8.34. The summed E-state index contributed by atoms with van der Waals surface area (Å²) < 4.78 is 5.83. The topological polar surface area (TPSA) is 35.2 Å². The van der Waals surface area contributed by atoms with Crippen LogP contribution in [0.25, 0.3) is 0 Å². The number of nitrogens with two attached hydrogens (primary N) is 1. The molecule has 0 radical (unpaired) electrons. The van der Waals surface area contributed by atoms with Crippen molar-refractivity contribution >= 4 is 8.32 Å². The molecule has 1 rings (SSSR count). The van der Waals surface area contributed by atoms with Crippen LogP contribution in [0, 0.1) is 0 Å². The van der Waals surface area contributed by atoms with Gasteiger partial charge in [0.15, 0.2) is 0 Å². The Labute approximate surface area is 87.2 Å². The Kier molecular flexibility index (Phi) is 3.34. The molecule has 3 heteroatoms. The molecule has 0 unspecified atom stereocenters. The van der Waals surface area contributed by atoms with Gasteiger partial charge in [0.25, 0.3) is 0 Å². The Hall–Kier alpha value is -0.803. The van der Waals surface area contributed by atoms with Crippen LogP contribution in [0.15, 0.2) is 24.3 Å². The Morgan fingerprint density at radius 1 is 1.14 bits per heavy atom. The third kappa shape index (κ3) is 3.52. The van der Waals surface area contributed by atoms with Crippen LogP contribution in [0.4, 0.5) is 0 Å². The highest BCUT2D eigenvalue weighted by atomic mass is 28.4. The van der Waals surface area contributed by atoms with E-state index in [1.54, 1.807) is 0 Å². The second kappa shape index (κ2) is 4.15. The van der Waals surface area contributed by atoms with Crippen molar-refractivity contribution < 1.29 is 4.43 Å². The minimum atomic E-state index is -1.47. The van der Waals surface area contributed by atoms with E-state index in [1.165, 1.54) is 0 Å². The van der Waals surface area contributed by atoms with E-state index in [-0.39, 0.29) is 6.04 Å². The van der Waals surface area contributed by atoms with Crippen LogP contribution in [0.2, 0.25) is 19.6 Å². The fourth-order valence-corrected chi connectivity index (χ4v) is 2.04. The minimum absolute atomic E-state index is 0.0935. The summed E-state index contributed by atoms with van der Waals surface area (Å²) in [4.78, 5) is 0. The number of hydrogen-bond donors (Lipinski definition) is 1. The van der Waals surface area contributed by atoms with Crippen molar-refractivity contribution in [1.82, 2.24) is 0 Å². The van der Waals surface area contributed by atoms with Gasteiger partial charge in [-0.1, -0.05) is 12.1 Å². The lowest BCUT2D eigenvalue weighted by Crippen LogP contribution is -2.29. The molecule has 2 N–H and O–H groups in total. The fraction of sp³-hybridized carbons (Fsp3) is 0.455. The zero-order chi connectivity index (χ0) is 10.8. The minimum Gasteiger partial charge on any atom is -0.544 e. The van der Waals surface area contributed by atoms with Gasteiger partial charge in [-0.15, -0.1) is 0 Å². The second-order valence-corrected chi connectivity index (χ2v) is 9.00. The van der Waals surface area contributed by atoms with Crippen molar-refractivity contribution in [1.29, 1.82) is 0 Å². The van der Waals surface area contributed by atoms with Gasteiger partial charge in [-0.2, -0.15) is 0 Å². The summed E-state index contributed by atoms with van der Waals surface area (Å²) in [5.74, 6) is 0.952. The molecule has 1 atom stereocenters. The highest BCUT2D eigenvalue weighted by molar-refractivity contribution is 6.70. The van der Waals surface area contributed by atoms with Crippen LogP contribution in [-0.4, -0.2) is 8.32 Å². The lowest BCUT2D eigenvalue weighted by atomic mass is 10.1. The van der Waals surface area contributed by atoms with Crippen molar-refractivity contribution in [2.45, 2.75) is 32.6 Å². The molecule has 0 bridgehead atoms. The monoisotopic (exact) mass is 209 g/mol. The maximum atomic E-state index is 5.83. The van der Waals surface area contributed by atoms with Gasteiger partial charge in [-0.05, 0) is 44.3 Å². The van der Waals surface area contributed by atoms with E-state index >= 15 is 0 Å². The zero-order valence-electron chi connectivity index (χ0n) is 9.37. The predicted molar refractivity (Wildman–Crippen MR) is 63.0 cm³/mol. The quantitative estimate of drug-likeness (QED) is 0.777. The highest BCUT2D eigenvalue weighted by Crippen LogP contribution is 2.18. The van der Waals surface area contributed by atoms with E-state index in [1.807, 2.05) is 31.2 Å². The molecule has 1 aromatic carbocycles. The average Bonchev–Trinajstić information content (AvgIpc) is 2.02. The highest BCUT2D eigenvalue weighted by Gasteiger charge is 2.15. The smallest absolute Gasteiger partial charge is 0.242 e. The summed E-state index contributed by atoms with van der Waals surface area (Å²) in [5.41, 5.74) is 6.91. The molecule has 0 aliphatic carbocycles. The Morgan fingerprint density at radius 2 is 1.64 bits per heavy atom. The fourth-order valence-electron chi connectivity index (χ4n) is 1.19. The molecular formula is C11H19NOSi. The molecule has 0 aliphatic heterocycles. The molecule has 78 valence electrons. The van der Waals surface area contributed by atoms with Crippen LogP contribution in [-0.2, 0) is 0 Å². The Morgan fingerprint density at radius 3 is 2.00 bits per heavy atom. The van der Waals surface area contributed by atoms with Gasteiger partial charge in [0, 0.05) is 6.04 Å². The molecule has 0 spiro atoms. The van der Waals surface area contributed by atoms with Crippen LogP contribution in [0.1, 0.15) is 18.5 Å². The molecule has 0 fully saturated rings. The summed E-state index contributed by atoms with van der Waals surface area (Å²) in [6.07, 6.45) is 0. The summed E-state index contributed by atoms with van der Waals surface area (Å²) in [5, 5.41) is 0. The molecular weight excluding hydrogens is 190 g/mol. The standard InChI is InChI=1S/C11H19NOSi/c1-9(12)10-5-7-11(8-6-10)13-14(2,3)4/h5-9H,12H2,1-4H3/t9-/m1/s1. The Bertz CT molecular complexity index is 287. The first-order chi connectivity index (χ1) is 6.38. The predicted octanol–water partition coefficient (Wildman–Crippen LogP) is 2.92. The lowest BCUT2D eigenvalue weighted by molar-refractivity contribution is 0.557. The van der Waals surface area contributed by atoms with Gasteiger partial charge >= 0.3 is 0 Å². The van der Waals surface area contributed by atoms with E-state index in [0.29, 0.717) is 0 Å². The van der Waals surface area contributed by atoms with Crippen molar-refractivity contribution in [2.75, 3.05) is 0 Å². The maximum Gasteiger partial charge on any atom is 0.242 e. The third-order valence-electron chi connectivity index (χ3n) is 1.83. The molecule has 0 aromatic heterocycles. The van der Waals surface area contributed by atoms with Crippen molar-refractivity contribution in [3.05, 3.63) is 29.8 Å². The van der Waals surface area contributed by atoms with Gasteiger partial charge in [0.2, 0.25) is 8.32 Å². The second-order valence-electron chi connectivity index (χ2n) is 4.57. The molecule has 0 heterocycles. The van der Waals surface area contributed by atoms with Crippen LogP contribution >= 0.6 is 0 Å². The molecule has 0 amide bonds. The zero-order valence-corrected chi connectivity index (χ0v) is 10.4. The number of benzene rings is 1. The molecule has 1 aromatic rings. The van der Waals surface area contributed by atoms with Crippen molar-refractivity contribution in [2.24, 2.45) is 5.73 Å². The average molecular weight is 209 g/mol. The summed E-state index contributed by atoms with van der Waals surface area (Å²) in [7, 11) is -1.47. The SMILES string of the molecule is C[C@@H](N)c1ccc(O[Si](C)(C)C)cc1. The summed E-state index contributed by atoms with van der Waals surface area (Å²) in [6, 6.07) is 8.14. The van der Waals surface area contributed by atoms with E-state index in [9.17, 15) is 0 Å². The summed E-state index contributed by atoms with van der Waals surface area (Å²) in [6.45, 7) is 8.50. The first kappa shape index (κ1) is 11.3. The molecule has 0 saturated heterocycles. The molecule has 2 nitrogen and oxygen atoms in total. The van der Waals surface area contributed by atoms with Crippen LogP contribution < -0.4 is 10.2 Å². The molecule has 0 aliphatic rings. The maximum absolute atomic E-state index is 5.83. The van der Waals surface area contributed by atoms with Gasteiger partial charge < -0.3 is 10.2 Å². The third-order valence-corrected chi connectivity index (χ3v) is 2.68.